The van der Waals surface area contributed by atoms with Gasteiger partial charge in [-0.1, -0.05) is 13.8 Å². The first-order valence-electron chi connectivity index (χ1n) is 5.94. The number of aromatic carboxylic acids is 1. The molecule has 2 heterocycles. The Hall–Kier alpha value is -1.30. The average Bonchev–Trinajstić information content (AvgIpc) is 2.50. The van der Waals surface area contributed by atoms with Crippen molar-refractivity contribution in [3.05, 3.63) is 17.8 Å². The molecule has 5 nitrogen and oxygen atoms in total. The summed E-state index contributed by atoms with van der Waals surface area (Å²) in [5.74, 6) is 0.773. The molecule has 0 aliphatic carbocycles. The SMILES string of the molecule is CC1(C)CCN(c2ccc(C(=O)O)nn2)CCS1. The van der Waals surface area contributed by atoms with Crippen LogP contribution in [0, 0.1) is 0 Å². The van der Waals surface area contributed by atoms with Crippen LogP contribution in [0.2, 0.25) is 0 Å². The van der Waals surface area contributed by atoms with Crippen molar-refractivity contribution in [2.45, 2.75) is 25.0 Å². The summed E-state index contributed by atoms with van der Waals surface area (Å²) < 4.78 is 0.295. The van der Waals surface area contributed by atoms with Crippen molar-refractivity contribution in [3.63, 3.8) is 0 Å². The molecule has 1 N–H and O–H groups in total. The second-order valence-electron chi connectivity index (χ2n) is 4.93. The number of rotatable bonds is 2. The fraction of sp³-hybridized carbons (Fsp3) is 0.583. The van der Waals surface area contributed by atoms with Gasteiger partial charge in [-0.3, -0.25) is 0 Å². The van der Waals surface area contributed by atoms with Gasteiger partial charge in [0.25, 0.3) is 0 Å². The van der Waals surface area contributed by atoms with Crippen LogP contribution in [0.25, 0.3) is 0 Å². The Morgan fingerprint density at radius 1 is 1.39 bits per heavy atom. The molecule has 1 saturated heterocycles. The minimum absolute atomic E-state index is 0.0109. The van der Waals surface area contributed by atoms with Crippen LogP contribution in [0.15, 0.2) is 12.1 Å². The van der Waals surface area contributed by atoms with Gasteiger partial charge in [0, 0.05) is 23.6 Å². The normalized spacial score (nSPS) is 19.3. The predicted octanol–water partition coefficient (Wildman–Crippen LogP) is 1.90. The van der Waals surface area contributed by atoms with Crippen LogP contribution >= 0.6 is 11.8 Å². The Morgan fingerprint density at radius 2 is 2.17 bits per heavy atom. The number of aromatic nitrogens is 2. The van der Waals surface area contributed by atoms with E-state index in [0.29, 0.717) is 4.75 Å². The highest BCUT2D eigenvalue weighted by Crippen LogP contribution is 2.31. The summed E-state index contributed by atoms with van der Waals surface area (Å²) in [6.07, 6.45) is 1.08. The predicted molar refractivity (Wildman–Crippen MR) is 72.4 cm³/mol. The van der Waals surface area contributed by atoms with E-state index in [4.69, 9.17) is 5.11 Å². The quantitative estimate of drug-likeness (QED) is 0.882. The van der Waals surface area contributed by atoms with Crippen molar-refractivity contribution >= 4 is 23.5 Å². The Morgan fingerprint density at radius 3 is 2.78 bits per heavy atom. The number of anilines is 1. The van der Waals surface area contributed by atoms with Crippen LogP contribution in [-0.2, 0) is 0 Å². The van der Waals surface area contributed by atoms with Gasteiger partial charge in [0.05, 0.1) is 0 Å². The molecule has 0 radical (unpaired) electrons. The zero-order valence-corrected chi connectivity index (χ0v) is 11.4. The third-order valence-electron chi connectivity index (χ3n) is 3.03. The van der Waals surface area contributed by atoms with E-state index < -0.39 is 5.97 Å². The van der Waals surface area contributed by atoms with E-state index in [1.54, 1.807) is 6.07 Å². The number of carboxylic acid groups (broad SMARTS) is 1. The second-order valence-corrected chi connectivity index (χ2v) is 6.73. The summed E-state index contributed by atoms with van der Waals surface area (Å²) in [4.78, 5) is 12.9. The summed E-state index contributed by atoms with van der Waals surface area (Å²) in [5, 5.41) is 16.5. The number of hydrogen-bond acceptors (Lipinski definition) is 5. The van der Waals surface area contributed by atoms with E-state index in [9.17, 15) is 4.79 Å². The van der Waals surface area contributed by atoms with Crippen molar-refractivity contribution < 1.29 is 9.90 Å². The van der Waals surface area contributed by atoms with E-state index in [1.807, 2.05) is 11.8 Å². The topological polar surface area (TPSA) is 66.3 Å². The van der Waals surface area contributed by atoms with Crippen molar-refractivity contribution in [2.75, 3.05) is 23.7 Å². The molecule has 98 valence electrons. The molecule has 1 aliphatic rings. The Bertz CT molecular complexity index is 433. The van der Waals surface area contributed by atoms with Gasteiger partial charge in [0.1, 0.15) is 0 Å². The van der Waals surface area contributed by atoms with Crippen LogP contribution in [0.4, 0.5) is 5.82 Å². The molecule has 0 amide bonds. The van der Waals surface area contributed by atoms with Crippen molar-refractivity contribution in [1.29, 1.82) is 0 Å². The maximum atomic E-state index is 10.7. The van der Waals surface area contributed by atoms with Crippen LogP contribution in [-0.4, -0.2) is 44.9 Å². The lowest BCUT2D eigenvalue weighted by molar-refractivity contribution is 0.0689. The highest BCUT2D eigenvalue weighted by molar-refractivity contribution is 8.00. The van der Waals surface area contributed by atoms with Crippen LogP contribution in [0.3, 0.4) is 0 Å². The summed E-state index contributed by atoms with van der Waals surface area (Å²) >= 11 is 1.96. The lowest BCUT2D eigenvalue weighted by atomic mass is 10.1. The molecular weight excluding hydrogens is 250 g/mol. The fourth-order valence-electron chi connectivity index (χ4n) is 1.86. The molecule has 2 rings (SSSR count). The van der Waals surface area contributed by atoms with Gasteiger partial charge in [0.2, 0.25) is 0 Å². The van der Waals surface area contributed by atoms with E-state index in [1.165, 1.54) is 6.07 Å². The fourth-order valence-corrected chi connectivity index (χ4v) is 2.96. The van der Waals surface area contributed by atoms with Gasteiger partial charge < -0.3 is 10.0 Å². The number of hydrogen-bond donors (Lipinski definition) is 1. The summed E-state index contributed by atoms with van der Waals surface area (Å²) in [6.45, 7) is 6.36. The number of carbonyl (C=O) groups is 1. The van der Waals surface area contributed by atoms with Crippen LogP contribution in [0.1, 0.15) is 30.8 Å². The molecule has 0 saturated carbocycles. The van der Waals surface area contributed by atoms with Crippen LogP contribution < -0.4 is 4.90 Å². The van der Waals surface area contributed by atoms with Crippen molar-refractivity contribution in [1.82, 2.24) is 10.2 Å². The molecular formula is C12H17N3O2S. The highest BCUT2D eigenvalue weighted by Gasteiger charge is 2.24. The molecule has 1 aromatic rings. The monoisotopic (exact) mass is 267 g/mol. The Labute approximate surface area is 111 Å². The van der Waals surface area contributed by atoms with Gasteiger partial charge in [-0.25, -0.2) is 4.79 Å². The first-order valence-corrected chi connectivity index (χ1v) is 6.92. The van der Waals surface area contributed by atoms with Gasteiger partial charge in [-0.05, 0) is 18.6 Å². The summed E-state index contributed by atoms with van der Waals surface area (Å²) in [6, 6.07) is 3.24. The van der Waals surface area contributed by atoms with Gasteiger partial charge >= 0.3 is 5.97 Å². The molecule has 0 aromatic carbocycles. The number of nitrogens with zero attached hydrogens (tertiary/aromatic N) is 3. The minimum atomic E-state index is -1.04. The van der Waals surface area contributed by atoms with Gasteiger partial charge in [-0.15, -0.1) is 10.2 Å². The smallest absolute Gasteiger partial charge is 0.356 e. The zero-order valence-electron chi connectivity index (χ0n) is 10.6. The second kappa shape index (κ2) is 5.14. The minimum Gasteiger partial charge on any atom is -0.476 e. The zero-order chi connectivity index (χ0) is 13.2. The molecule has 1 aliphatic heterocycles. The Kier molecular flexibility index (Phi) is 3.75. The third kappa shape index (κ3) is 3.13. The maximum Gasteiger partial charge on any atom is 0.356 e. The first-order chi connectivity index (χ1) is 8.48. The number of thioether (sulfide) groups is 1. The molecule has 0 atom stereocenters. The summed E-state index contributed by atoms with van der Waals surface area (Å²) in [5.41, 5.74) is -0.0109. The lowest BCUT2D eigenvalue weighted by Crippen LogP contribution is -2.28. The van der Waals surface area contributed by atoms with Gasteiger partial charge in [0.15, 0.2) is 11.5 Å². The molecule has 18 heavy (non-hydrogen) atoms. The van der Waals surface area contributed by atoms with E-state index in [-0.39, 0.29) is 5.69 Å². The van der Waals surface area contributed by atoms with Crippen molar-refractivity contribution in [3.8, 4) is 0 Å². The molecule has 1 fully saturated rings. The van der Waals surface area contributed by atoms with Crippen LogP contribution in [0.5, 0.6) is 0 Å². The molecule has 0 spiro atoms. The largest absolute Gasteiger partial charge is 0.476 e. The standard InChI is InChI=1S/C12H17N3O2S/c1-12(2)5-6-15(7-8-18-12)10-4-3-9(11(16)17)13-14-10/h3-4H,5-8H2,1-2H3,(H,16,17). The lowest BCUT2D eigenvalue weighted by Gasteiger charge is -2.22. The van der Waals surface area contributed by atoms with E-state index in [2.05, 4.69) is 28.9 Å². The molecule has 0 unspecified atom stereocenters. The Balaban J connectivity index is 2.09. The summed E-state index contributed by atoms with van der Waals surface area (Å²) in [7, 11) is 0. The average molecular weight is 267 g/mol. The maximum absolute atomic E-state index is 10.7. The highest BCUT2D eigenvalue weighted by atomic mass is 32.2. The molecule has 1 aromatic heterocycles. The molecule has 0 bridgehead atoms. The van der Waals surface area contributed by atoms with E-state index >= 15 is 0 Å². The molecule has 6 heteroatoms. The first kappa shape index (κ1) is 13.1. The third-order valence-corrected chi connectivity index (χ3v) is 4.40. The van der Waals surface area contributed by atoms with Gasteiger partial charge in [-0.2, -0.15) is 11.8 Å². The van der Waals surface area contributed by atoms with E-state index in [0.717, 1.165) is 31.1 Å². The number of carboxylic acids is 1. The van der Waals surface area contributed by atoms with Crippen molar-refractivity contribution in [2.24, 2.45) is 0 Å².